The number of nitrogens with one attached hydrogen (secondary N) is 1. The Kier molecular flexibility index (Phi) is 5.07. The van der Waals surface area contributed by atoms with E-state index < -0.39 is 26.7 Å². The number of carbonyl (C=O) groups is 1. The van der Waals surface area contributed by atoms with Crippen molar-refractivity contribution in [2.45, 2.75) is 11.8 Å². The fourth-order valence-corrected chi connectivity index (χ4v) is 5.56. The number of carbonyl (C=O) groups excluding carboxylic acids is 1. The summed E-state index contributed by atoms with van der Waals surface area (Å²) >= 11 is 0.856. The highest BCUT2D eigenvalue weighted by molar-refractivity contribution is 7.93. The van der Waals surface area contributed by atoms with Crippen LogP contribution in [0, 0.1) is 12.7 Å². The molecule has 142 valence electrons. The van der Waals surface area contributed by atoms with E-state index in [2.05, 4.69) is 9.46 Å². The van der Waals surface area contributed by atoms with Crippen LogP contribution >= 0.6 is 11.3 Å². The van der Waals surface area contributed by atoms with Gasteiger partial charge in [0.2, 0.25) is 0 Å². The van der Waals surface area contributed by atoms with Crippen LogP contribution in [0.2, 0.25) is 0 Å². The van der Waals surface area contributed by atoms with Crippen LogP contribution in [-0.4, -0.2) is 28.6 Å². The number of benzene rings is 2. The quantitative estimate of drug-likeness (QED) is 0.646. The van der Waals surface area contributed by atoms with Gasteiger partial charge in [-0.2, -0.15) is 0 Å². The van der Waals surface area contributed by atoms with Crippen molar-refractivity contribution in [2.75, 3.05) is 18.9 Å². The normalized spacial score (nSPS) is 11.4. The van der Waals surface area contributed by atoms with Gasteiger partial charge in [0, 0.05) is 10.1 Å². The van der Waals surface area contributed by atoms with Gasteiger partial charge in [0.05, 0.1) is 19.9 Å². The molecule has 0 saturated carbocycles. The van der Waals surface area contributed by atoms with Crippen molar-refractivity contribution in [1.29, 1.82) is 0 Å². The summed E-state index contributed by atoms with van der Waals surface area (Å²) in [6.07, 6.45) is 0. The van der Waals surface area contributed by atoms with Gasteiger partial charge in [-0.15, -0.1) is 11.3 Å². The summed E-state index contributed by atoms with van der Waals surface area (Å²) in [6, 6.07) is 9.09. The average Bonchev–Trinajstić information content (AvgIpc) is 3.03. The van der Waals surface area contributed by atoms with Gasteiger partial charge >= 0.3 is 5.97 Å². The van der Waals surface area contributed by atoms with Crippen LogP contribution in [0.15, 0.2) is 41.3 Å². The van der Waals surface area contributed by atoms with Crippen molar-refractivity contribution in [1.82, 2.24) is 0 Å². The molecule has 0 atom stereocenters. The number of hydrogen-bond donors (Lipinski definition) is 1. The molecule has 3 aromatic rings. The van der Waals surface area contributed by atoms with E-state index in [9.17, 15) is 17.6 Å². The van der Waals surface area contributed by atoms with Gasteiger partial charge in [-0.1, -0.05) is 12.1 Å². The summed E-state index contributed by atoms with van der Waals surface area (Å²) < 4.78 is 53.3. The van der Waals surface area contributed by atoms with Crippen LogP contribution in [0.5, 0.6) is 5.75 Å². The van der Waals surface area contributed by atoms with Crippen LogP contribution in [0.4, 0.5) is 10.1 Å². The van der Waals surface area contributed by atoms with E-state index in [0.717, 1.165) is 30.1 Å². The number of aryl methyl sites for hydroxylation is 1. The SMILES string of the molecule is COC(=O)c1sc2cccc(F)c2c1S(=O)(=O)Nc1cc(C)ccc1OC. The van der Waals surface area contributed by atoms with Crippen LogP contribution in [0.3, 0.4) is 0 Å². The van der Waals surface area contributed by atoms with Gasteiger partial charge < -0.3 is 9.47 Å². The summed E-state index contributed by atoms with van der Waals surface area (Å²) in [5, 5.41) is -0.151. The molecule has 3 rings (SSSR count). The molecule has 6 nitrogen and oxygen atoms in total. The second-order valence-electron chi connectivity index (χ2n) is 5.67. The molecule has 0 unspecified atom stereocenters. The maximum Gasteiger partial charge on any atom is 0.349 e. The lowest BCUT2D eigenvalue weighted by atomic mass is 10.2. The third-order valence-electron chi connectivity index (χ3n) is 3.86. The van der Waals surface area contributed by atoms with Crippen LogP contribution < -0.4 is 9.46 Å². The topological polar surface area (TPSA) is 81.7 Å². The molecule has 2 aromatic carbocycles. The lowest BCUT2D eigenvalue weighted by Gasteiger charge is -2.13. The highest BCUT2D eigenvalue weighted by Gasteiger charge is 2.31. The van der Waals surface area contributed by atoms with E-state index in [-0.39, 0.29) is 16.0 Å². The smallest absolute Gasteiger partial charge is 0.349 e. The summed E-state index contributed by atoms with van der Waals surface area (Å²) in [5.74, 6) is -1.30. The number of fused-ring (bicyclic) bond motifs is 1. The number of sulfonamides is 1. The Morgan fingerprint density at radius 2 is 1.93 bits per heavy atom. The number of thiophene rings is 1. The molecular formula is C18H16FNO5S2. The van der Waals surface area contributed by atoms with Crippen LogP contribution in [0.1, 0.15) is 15.2 Å². The first-order valence-electron chi connectivity index (χ1n) is 7.75. The van der Waals surface area contributed by atoms with E-state index in [0.29, 0.717) is 10.4 Å². The van der Waals surface area contributed by atoms with Gasteiger partial charge in [0.15, 0.2) is 0 Å². The Morgan fingerprint density at radius 3 is 2.59 bits per heavy atom. The molecule has 0 aliphatic carbocycles. The Labute approximate surface area is 159 Å². The van der Waals surface area contributed by atoms with Crippen molar-refractivity contribution < 1.29 is 27.1 Å². The molecule has 0 amide bonds. The molecule has 0 aliphatic rings. The van der Waals surface area contributed by atoms with Gasteiger partial charge in [-0.25, -0.2) is 17.6 Å². The molecule has 0 bridgehead atoms. The van der Waals surface area contributed by atoms with Crippen molar-refractivity contribution in [2.24, 2.45) is 0 Å². The fourth-order valence-electron chi connectivity index (χ4n) is 2.66. The first-order valence-corrected chi connectivity index (χ1v) is 10.0. The van der Waals surface area contributed by atoms with Crippen molar-refractivity contribution in [3.8, 4) is 5.75 Å². The monoisotopic (exact) mass is 409 g/mol. The lowest BCUT2D eigenvalue weighted by Crippen LogP contribution is -2.17. The Morgan fingerprint density at radius 1 is 1.19 bits per heavy atom. The summed E-state index contributed by atoms with van der Waals surface area (Å²) in [6.45, 7) is 1.79. The van der Waals surface area contributed by atoms with Gasteiger partial charge in [0.1, 0.15) is 21.3 Å². The molecule has 0 radical (unpaired) electrons. The number of hydrogen-bond acceptors (Lipinski definition) is 6. The highest BCUT2D eigenvalue weighted by atomic mass is 32.2. The largest absolute Gasteiger partial charge is 0.495 e. The summed E-state index contributed by atoms with van der Waals surface area (Å²) in [7, 11) is -1.77. The maximum atomic E-state index is 14.4. The number of anilines is 1. The molecule has 1 aromatic heterocycles. The Hall–Kier alpha value is -2.65. The zero-order valence-corrected chi connectivity index (χ0v) is 16.3. The maximum absolute atomic E-state index is 14.4. The molecule has 1 N–H and O–H groups in total. The molecule has 0 aliphatic heterocycles. The molecule has 0 fully saturated rings. The van der Waals surface area contributed by atoms with Crippen LogP contribution in [0.25, 0.3) is 10.1 Å². The summed E-state index contributed by atoms with van der Waals surface area (Å²) in [5.41, 5.74) is 0.979. The van der Waals surface area contributed by atoms with E-state index in [1.807, 2.05) is 0 Å². The number of rotatable bonds is 5. The van der Waals surface area contributed by atoms with Crippen LogP contribution in [-0.2, 0) is 14.8 Å². The van der Waals surface area contributed by atoms with E-state index in [1.54, 1.807) is 31.2 Å². The van der Waals surface area contributed by atoms with Gasteiger partial charge in [-0.3, -0.25) is 4.72 Å². The highest BCUT2D eigenvalue weighted by Crippen LogP contribution is 2.38. The third kappa shape index (κ3) is 3.47. The minimum absolute atomic E-state index is 0.151. The standard InChI is InChI=1S/C18H16FNO5S2/c1-10-7-8-13(24-2)12(9-10)20-27(22,23)17-15-11(19)5-4-6-14(15)26-16(17)18(21)25-3/h4-9,20H,1-3H3. The zero-order valence-electron chi connectivity index (χ0n) is 14.7. The van der Waals surface area contributed by atoms with Gasteiger partial charge in [0.25, 0.3) is 10.0 Å². The number of methoxy groups -OCH3 is 2. The van der Waals surface area contributed by atoms with E-state index in [4.69, 9.17) is 4.74 Å². The molecule has 27 heavy (non-hydrogen) atoms. The lowest BCUT2D eigenvalue weighted by molar-refractivity contribution is 0.0602. The Balaban J connectivity index is 2.24. The van der Waals surface area contributed by atoms with E-state index in [1.165, 1.54) is 13.2 Å². The van der Waals surface area contributed by atoms with E-state index >= 15 is 0 Å². The first-order chi connectivity index (χ1) is 12.8. The summed E-state index contributed by atoms with van der Waals surface area (Å²) in [4.78, 5) is 11.5. The number of esters is 1. The number of ether oxygens (including phenoxy) is 2. The molecule has 0 spiro atoms. The molecular weight excluding hydrogens is 393 g/mol. The minimum Gasteiger partial charge on any atom is -0.495 e. The average molecular weight is 409 g/mol. The fraction of sp³-hybridized carbons (Fsp3) is 0.167. The molecule has 1 heterocycles. The van der Waals surface area contributed by atoms with Crippen molar-refractivity contribution in [3.63, 3.8) is 0 Å². The minimum atomic E-state index is -4.31. The Bertz CT molecular complexity index is 1140. The predicted octanol–water partition coefficient (Wildman–Crippen LogP) is 3.94. The second-order valence-corrected chi connectivity index (χ2v) is 8.35. The predicted molar refractivity (Wildman–Crippen MR) is 102 cm³/mol. The van der Waals surface area contributed by atoms with Gasteiger partial charge in [-0.05, 0) is 36.8 Å². The van der Waals surface area contributed by atoms with Crippen molar-refractivity contribution in [3.05, 3.63) is 52.7 Å². The molecule has 9 heteroatoms. The number of halogens is 1. The zero-order chi connectivity index (χ0) is 19.8. The molecule has 0 saturated heterocycles. The third-order valence-corrected chi connectivity index (χ3v) is 6.56. The second kappa shape index (κ2) is 7.16. The first kappa shape index (κ1) is 19.1. The van der Waals surface area contributed by atoms with Crippen molar-refractivity contribution >= 4 is 43.1 Å².